The molecule has 0 amide bonds. The number of carbonyl (C=O) groups excluding carboxylic acids is 3. The Labute approximate surface area is 278 Å². The Morgan fingerprint density at radius 3 is 2.17 bits per heavy atom. The average molecular weight is 685 g/mol. The van der Waals surface area contributed by atoms with E-state index in [4.69, 9.17) is 27.9 Å². The van der Waals surface area contributed by atoms with Crippen molar-refractivity contribution in [2.45, 2.75) is 102 Å². The predicted molar refractivity (Wildman–Crippen MR) is 171 cm³/mol. The Hall–Kier alpha value is -2.46. The van der Waals surface area contributed by atoms with Crippen LogP contribution in [-0.4, -0.2) is 47.9 Å². The summed E-state index contributed by atoms with van der Waals surface area (Å²) in [6.07, 6.45) is 0.906. The molecule has 0 bridgehead atoms. The first kappa shape index (κ1) is 36.4. The quantitative estimate of drug-likeness (QED) is 0.183. The minimum absolute atomic E-state index is 0.0594. The lowest BCUT2D eigenvalue weighted by molar-refractivity contribution is -0.160. The van der Waals surface area contributed by atoms with Crippen molar-refractivity contribution >= 4 is 40.6 Å². The van der Waals surface area contributed by atoms with Gasteiger partial charge in [-0.1, -0.05) is 86.5 Å². The Balaban J connectivity index is 1.60. The van der Waals surface area contributed by atoms with E-state index in [1.165, 1.54) is 24.3 Å². The van der Waals surface area contributed by atoms with Crippen molar-refractivity contribution in [3.63, 3.8) is 0 Å². The van der Waals surface area contributed by atoms with Gasteiger partial charge in [-0.25, -0.2) is 0 Å². The maximum atomic E-state index is 14.7. The summed E-state index contributed by atoms with van der Waals surface area (Å²) in [5.74, 6) is -2.74. The van der Waals surface area contributed by atoms with Gasteiger partial charge in [-0.3, -0.25) is 19.7 Å². The monoisotopic (exact) mass is 683 g/mol. The number of hydrogen-bond donors (Lipinski definition) is 2. The Morgan fingerprint density at radius 1 is 1.00 bits per heavy atom. The molecular weight excluding hydrogens is 642 g/mol. The van der Waals surface area contributed by atoms with E-state index >= 15 is 0 Å². The third kappa shape index (κ3) is 9.78. The van der Waals surface area contributed by atoms with Gasteiger partial charge in [0.05, 0.1) is 16.1 Å². The van der Waals surface area contributed by atoms with Crippen LogP contribution in [0.4, 0.5) is 13.2 Å². The third-order valence-corrected chi connectivity index (χ3v) is 9.82. The van der Waals surface area contributed by atoms with Gasteiger partial charge in [0.2, 0.25) is 5.78 Å². The first-order chi connectivity index (χ1) is 21.9. The third-order valence-electron chi connectivity index (χ3n) is 9.24. The van der Waals surface area contributed by atoms with E-state index < -0.39 is 41.5 Å². The SMILES string of the molecule is CCC[C@H](CC(=O)[C@H](Cc1cc(Cl)c(O)c(Cl)c1)N[C@@H](c1ccc(C2CCOCC2)cc1)C(F)(F)F)C(=O)C(=O)CC1CCCC1. The van der Waals surface area contributed by atoms with Crippen LogP contribution in [0.15, 0.2) is 36.4 Å². The normalized spacial score (nSPS) is 18.3. The first-order valence-corrected chi connectivity index (χ1v) is 16.9. The molecule has 6 nitrogen and oxygen atoms in total. The van der Waals surface area contributed by atoms with Gasteiger partial charge < -0.3 is 9.84 Å². The number of rotatable bonds is 15. The van der Waals surface area contributed by atoms with E-state index in [0.717, 1.165) is 44.1 Å². The van der Waals surface area contributed by atoms with Crippen LogP contribution in [0.3, 0.4) is 0 Å². The lowest BCUT2D eigenvalue weighted by atomic mass is 9.85. The largest absolute Gasteiger partial charge is 0.505 e. The molecule has 4 rings (SSSR count). The molecule has 2 N–H and O–H groups in total. The van der Waals surface area contributed by atoms with Crippen LogP contribution in [0.5, 0.6) is 5.75 Å². The molecule has 0 unspecified atom stereocenters. The van der Waals surface area contributed by atoms with Crippen molar-refractivity contribution in [1.82, 2.24) is 5.32 Å². The molecule has 46 heavy (non-hydrogen) atoms. The fraction of sp³-hybridized carbons (Fsp3) is 0.571. The van der Waals surface area contributed by atoms with Crippen molar-refractivity contribution < 1.29 is 37.4 Å². The van der Waals surface area contributed by atoms with E-state index in [9.17, 15) is 32.7 Å². The molecule has 1 aliphatic carbocycles. The summed E-state index contributed by atoms with van der Waals surface area (Å²) in [6, 6.07) is 5.31. The van der Waals surface area contributed by atoms with E-state index in [1.54, 1.807) is 12.1 Å². The number of alkyl halides is 3. The van der Waals surface area contributed by atoms with E-state index in [-0.39, 0.29) is 58.9 Å². The average Bonchev–Trinajstić information content (AvgIpc) is 3.54. The van der Waals surface area contributed by atoms with Crippen LogP contribution in [0.2, 0.25) is 10.0 Å². The maximum absolute atomic E-state index is 14.7. The standard InChI is InChI=1S/C35H42Cl2F3NO5/c1-2-5-26(32(44)31(43)19-21-6-3-4-7-21)20-30(42)29(18-22-16-27(36)33(45)28(37)17-22)41-34(35(38,39)40)25-10-8-23(9-11-25)24-12-14-46-15-13-24/h8-11,16-17,21,24,26,29,34,41,45H,2-7,12-15,18-20H2,1H3/t26-,29+,34+/m1/s1. The molecule has 1 saturated carbocycles. The molecule has 0 aromatic heterocycles. The highest BCUT2D eigenvalue weighted by Gasteiger charge is 2.43. The van der Waals surface area contributed by atoms with Gasteiger partial charge >= 0.3 is 6.18 Å². The summed E-state index contributed by atoms with van der Waals surface area (Å²) >= 11 is 12.2. The van der Waals surface area contributed by atoms with Gasteiger partial charge in [-0.2, -0.15) is 13.2 Å². The topological polar surface area (TPSA) is 92.7 Å². The number of phenolic OH excluding ortho intramolecular Hbond substituents is 1. The van der Waals surface area contributed by atoms with E-state index in [2.05, 4.69) is 5.32 Å². The van der Waals surface area contributed by atoms with Crippen molar-refractivity contribution in [1.29, 1.82) is 0 Å². The summed E-state index contributed by atoms with van der Waals surface area (Å²) in [7, 11) is 0. The zero-order valence-corrected chi connectivity index (χ0v) is 27.5. The molecule has 252 valence electrons. The summed E-state index contributed by atoms with van der Waals surface area (Å²) in [4.78, 5) is 40.0. The zero-order chi connectivity index (χ0) is 33.4. The van der Waals surface area contributed by atoms with Gasteiger partial charge in [0.25, 0.3) is 0 Å². The Bertz CT molecular complexity index is 1330. The van der Waals surface area contributed by atoms with Crippen molar-refractivity contribution in [2.24, 2.45) is 11.8 Å². The van der Waals surface area contributed by atoms with Crippen LogP contribution in [0, 0.1) is 11.8 Å². The molecule has 0 radical (unpaired) electrons. The van der Waals surface area contributed by atoms with Gasteiger partial charge in [0.15, 0.2) is 17.3 Å². The Kier molecular flexibility index (Phi) is 13.1. The summed E-state index contributed by atoms with van der Waals surface area (Å²) < 4.78 is 49.4. The molecule has 2 aromatic carbocycles. The maximum Gasteiger partial charge on any atom is 0.407 e. The van der Waals surface area contributed by atoms with Crippen molar-refractivity contribution in [3.05, 3.63) is 63.1 Å². The summed E-state index contributed by atoms with van der Waals surface area (Å²) in [6.45, 7) is 3.02. The van der Waals surface area contributed by atoms with Gasteiger partial charge in [0, 0.05) is 32.0 Å². The molecule has 1 aliphatic heterocycles. The minimum Gasteiger partial charge on any atom is -0.505 e. The second-order valence-electron chi connectivity index (χ2n) is 12.7. The minimum atomic E-state index is -4.77. The van der Waals surface area contributed by atoms with Crippen molar-refractivity contribution in [3.8, 4) is 5.75 Å². The fourth-order valence-electron chi connectivity index (χ4n) is 6.67. The number of ketones is 3. The van der Waals surface area contributed by atoms with Crippen LogP contribution in [0.1, 0.15) is 99.8 Å². The van der Waals surface area contributed by atoms with Crippen LogP contribution in [-0.2, 0) is 25.5 Å². The van der Waals surface area contributed by atoms with Crippen molar-refractivity contribution in [2.75, 3.05) is 13.2 Å². The van der Waals surface area contributed by atoms with E-state index in [0.29, 0.717) is 25.2 Å². The smallest absolute Gasteiger partial charge is 0.407 e. The summed E-state index contributed by atoms with van der Waals surface area (Å²) in [5.41, 5.74) is 1.19. The molecule has 0 spiro atoms. The highest BCUT2D eigenvalue weighted by Crippen LogP contribution is 2.37. The van der Waals surface area contributed by atoms with Gasteiger partial charge in [-0.05, 0) is 66.3 Å². The van der Waals surface area contributed by atoms with Crippen LogP contribution in [0.25, 0.3) is 0 Å². The number of benzene rings is 2. The molecule has 1 saturated heterocycles. The van der Waals surface area contributed by atoms with Gasteiger partial charge in [-0.15, -0.1) is 0 Å². The zero-order valence-electron chi connectivity index (χ0n) is 26.0. The highest BCUT2D eigenvalue weighted by molar-refractivity contribution is 6.38. The van der Waals surface area contributed by atoms with E-state index in [1.807, 2.05) is 6.92 Å². The molecule has 3 atom stereocenters. The number of Topliss-reactive ketones (excluding diaryl/α,β-unsaturated/α-hetero) is 3. The van der Waals surface area contributed by atoms with Crippen LogP contribution >= 0.6 is 23.2 Å². The lowest BCUT2D eigenvalue weighted by Crippen LogP contribution is -2.46. The second kappa shape index (κ2) is 16.6. The molecule has 2 aliphatic rings. The van der Waals surface area contributed by atoms with Gasteiger partial charge in [0.1, 0.15) is 6.04 Å². The lowest BCUT2D eigenvalue weighted by Gasteiger charge is -2.29. The predicted octanol–water partition coefficient (Wildman–Crippen LogP) is 8.49. The van der Waals surface area contributed by atoms with Crippen LogP contribution < -0.4 is 5.32 Å². The molecule has 11 heteroatoms. The number of nitrogens with one attached hydrogen (secondary N) is 1. The number of aromatic hydroxyl groups is 1. The number of halogens is 5. The number of ether oxygens (including phenoxy) is 1. The molecular formula is C35H42Cl2F3NO5. The number of phenols is 1. The number of carbonyl (C=O) groups is 3. The number of hydrogen-bond acceptors (Lipinski definition) is 6. The fourth-order valence-corrected chi connectivity index (χ4v) is 7.21. The molecule has 1 heterocycles. The highest BCUT2D eigenvalue weighted by atomic mass is 35.5. The first-order valence-electron chi connectivity index (χ1n) is 16.1. The molecule has 2 aromatic rings. The molecule has 2 fully saturated rings. The summed E-state index contributed by atoms with van der Waals surface area (Å²) in [5, 5.41) is 12.3. The Morgan fingerprint density at radius 2 is 1.61 bits per heavy atom. The second-order valence-corrected chi connectivity index (χ2v) is 13.5.